The number of aldehydes is 1. The lowest BCUT2D eigenvalue weighted by molar-refractivity contribution is -0.124. The number of aliphatic hydroxyl groups is 3. The Morgan fingerprint density at radius 3 is 2.20 bits per heavy atom. The molecule has 0 aromatic carbocycles. The van der Waals surface area contributed by atoms with E-state index in [4.69, 9.17) is 26.9 Å². The van der Waals surface area contributed by atoms with E-state index in [0.29, 0.717) is 0 Å². The van der Waals surface area contributed by atoms with E-state index in [-0.39, 0.29) is 12.2 Å². The van der Waals surface area contributed by atoms with E-state index in [2.05, 4.69) is 0 Å². The van der Waals surface area contributed by atoms with Crippen molar-refractivity contribution in [2.45, 2.75) is 18.3 Å². The van der Waals surface area contributed by atoms with Crippen molar-refractivity contribution in [3.05, 3.63) is 0 Å². The van der Waals surface area contributed by atoms with Crippen molar-refractivity contribution < 1.29 is 20.1 Å². The third kappa shape index (κ3) is 2.62. The second-order valence-electron chi connectivity index (χ2n) is 1.84. The average molecular weight is 169 g/mol. The van der Waals surface area contributed by atoms with Gasteiger partial charge in [-0.3, -0.25) is 0 Å². The number of halogens is 1. The summed E-state index contributed by atoms with van der Waals surface area (Å²) < 4.78 is 0. The van der Waals surface area contributed by atoms with Crippen LogP contribution in [0.4, 0.5) is 0 Å². The van der Waals surface area contributed by atoms with Crippen LogP contribution in [0.1, 0.15) is 0 Å². The van der Waals surface area contributed by atoms with Crippen LogP contribution < -0.4 is 0 Å². The molecule has 0 aromatic rings. The first-order chi connectivity index (χ1) is 4.63. The van der Waals surface area contributed by atoms with Gasteiger partial charge >= 0.3 is 0 Å². The number of alkyl halides is 1. The van der Waals surface area contributed by atoms with Gasteiger partial charge in [0, 0.05) is 0 Å². The Kier molecular flexibility index (Phi) is 4.55. The molecule has 0 spiro atoms. The lowest BCUT2D eigenvalue weighted by Crippen LogP contribution is -2.39. The van der Waals surface area contributed by atoms with Gasteiger partial charge in [0.1, 0.15) is 12.2 Å². The van der Waals surface area contributed by atoms with E-state index in [0.717, 1.165) is 0 Å². The summed E-state index contributed by atoms with van der Waals surface area (Å²) in [6.07, 6.45) is -4.17. The molecule has 4 nitrogen and oxygen atoms in total. The molecular formula is C5H9ClO4. The molecule has 10 heavy (non-hydrogen) atoms. The highest BCUT2D eigenvalue weighted by molar-refractivity contribution is 6.18. The van der Waals surface area contributed by atoms with Crippen LogP contribution in [-0.2, 0) is 4.79 Å². The quantitative estimate of drug-likeness (QED) is 0.353. The van der Waals surface area contributed by atoms with Crippen LogP contribution in [0.15, 0.2) is 0 Å². The lowest BCUT2D eigenvalue weighted by Gasteiger charge is -2.16. The van der Waals surface area contributed by atoms with Crippen LogP contribution in [0.3, 0.4) is 0 Å². The molecule has 0 amide bonds. The summed E-state index contributed by atoms with van der Waals surface area (Å²) in [6, 6.07) is 0. The van der Waals surface area contributed by atoms with Gasteiger partial charge in [-0.05, 0) is 0 Å². The van der Waals surface area contributed by atoms with E-state index in [1.165, 1.54) is 0 Å². The number of rotatable bonds is 4. The largest absolute Gasteiger partial charge is 0.389 e. The second-order valence-corrected chi connectivity index (χ2v) is 2.15. The van der Waals surface area contributed by atoms with Crippen LogP contribution >= 0.6 is 11.6 Å². The van der Waals surface area contributed by atoms with E-state index >= 15 is 0 Å². The molecule has 3 N–H and O–H groups in total. The summed E-state index contributed by atoms with van der Waals surface area (Å²) in [5, 5.41) is 26.1. The highest BCUT2D eigenvalue weighted by atomic mass is 35.5. The SMILES string of the molecule is O=C[C@@H](O)[C@@H](O)[C@H](O)CCl. The summed E-state index contributed by atoms with van der Waals surface area (Å²) in [5.41, 5.74) is 0. The van der Waals surface area contributed by atoms with Gasteiger partial charge < -0.3 is 20.1 Å². The summed E-state index contributed by atoms with van der Waals surface area (Å²) in [7, 11) is 0. The van der Waals surface area contributed by atoms with Gasteiger partial charge in [0.25, 0.3) is 0 Å². The molecule has 0 unspecified atom stereocenters. The minimum atomic E-state index is -1.56. The summed E-state index contributed by atoms with van der Waals surface area (Å²) in [4.78, 5) is 9.80. The molecular weight excluding hydrogens is 160 g/mol. The van der Waals surface area contributed by atoms with Gasteiger partial charge in [-0.25, -0.2) is 0 Å². The molecule has 0 saturated carbocycles. The van der Waals surface area contributed by atoms with E-state index < -0.39 is 18.3 Å². The van der Waals surface area contributed by atoms with Crippen LogP contribution in [0, 0.1) is 0 Å². The smallest absolute Gasteiger partial charge is 0.151 e. The molecule has 0 fully saturated rings. The molecule has 0 heterocycles. The molecule has 0 aliphatic heterocycles. The van der Waals surface area contributed by atoms with Crippen LogP contribution in [0.5, 0.6) is 0 Å². The Morgan fingerprint density at radius 2 is 1.90 bits per heavy atom. The lowest BCUT2D eigenvalue weighted by atomic mass is 10.1. The molecule has 0 aliphatic carbocycles. The van der Waals surface area contributed by atoms with Gasteiger partial charge in [0.05, 0.1) is 12.0 Å². The molecule has 0 aromatic heterocycles. The normalized spacial score (nSPS) is 19.6. The van der Waals surface area contributed by atoms with Crippen molar-refractivity contribution in [2.75, 3.05) is 5.88 Å². The Balaban J connectivity index is 3.80. The van der Waals surface area contributed by atoms with Gasteiger partial charge in [-0.2, -0.15) is 0 Å². The van der Waals surface area contributed by atoms with Crippen molar-refractivity contribution in [1.29, 1.82) is 0 Å². The zero-order valence-electron chi connectivity index (χ0n) is 5.14. The maximum absolute atomic E-state index is 9.80. The fraction of sp³-hybridized carbons (Fsp3) is 0.800. The first-order valence-electron chi connectivity index (χ1n) is 2.69. The second kappa shape index (κ2) is 4.62. The maximum atomic E-state index is 9.80. The fourth-order valence-corrected chi connectivity index (χ4v) is 0.582. The molecule has 0 bridgehead atoms. The number of carbonyl (C=O) groups excluding carboxylic acids is 1. The number of aliphatic hydroxyl groups excluding tert-OH is 3. The Bertz CT molecular complexity index is 108. The summed E-state index contributed by atoms with van der Waals surface area (Å²) in [5.74, 6) is -0.216. The van der Waals surface area contributed by atoms with Crippen LogP contribution in [-0.4, -0.2) is 45.8 Å². The first kappa shape index (κ1) is 9.84. The molecule has 0 rings (SSSR count). The molecule has 0 radical (unpaired) electrons. The van der Waals surface area contributed by atoms with Crippen LogP contribution in [0.2, 0.25) is 0 Å². The van der Waals surface area contributed by atoms with Crippen molar-refractivity contribution in [3.63, 3.8) is 0 Å². The monoisotopic (exact) mass is 168 g/mol. The summed E-state index contributed by atoms with van der Waals surface area (Å²) in [6.45, 7) is 0. The van der Waals surface area contributed by atoms with Gasteiger partial charge in [0.2, 0.25) is 0 Å². The standard InChI is InChI=1S/C5H9ClO4/c6-1-3(8)5(10)4(9)2-7/h2-5,8-10H,1H2/t3-,4-,5+/m1/s1. The van der Waals surface area contributed by atoms with Crippen molar-refractivity contribution in [3.8, 4) is 0 Å². The minimum absolute atomic E-state index is 0.139. The Morgan fingerprint density at radius 1 is 1.40 bits per heavy atom. The Labute approximate surface area is 63.0 Å². The van der Waals surface area contributed by atoms with Crippen molar-refractivity contribution in [2.24, 2.45) is 0 Å². The third-order valence-corrected chi connectivity index (χ3v) is 1.36. The van der Waals surface area contributed by atoms with E-state index in [9.17, 15) is 4.79 Å². The zero-order chi connectivity index (χ0) is 8.15. The fourth-order valence-electron chi connectivity index (χ4n) is 0.399. The summed E-state index contributed by atoms with van der Waals surface area (Å²) >= 11 is 5.11. The predicted molar refractivity (Wildman–Crippen MR) is 34.8 cm³/mol. The molecule has 5 heteroatoms. The van der Waals surface area contributed by atoms with Gasteiger partial charge in [0.15, 0.2) is 6.29 Å². The van der Waals surface area contributed by atoms with E-state index in [1.807, 2.05) is 0 Å². The Hall–Kier alpha value is -0.160. The predicted octanol–water partition coefficient (Wildman–Crippen LogP) is -1.49. The van der Waals surface area contributed by atoms with E-state index in [1.54, 1.807) is 0 Å². The number of hydrogen-bond acceptors (Lipinski definition) is 4. The molecule has 60 valence electrons. The van der Waals surface area contributed by atoms with Gasteiger partial charge in [-0.1, -0.05) is 0 Å². The maximum Gasteiger partial charge on any atom is 0.151 e. The molecule has 0 aliphatic rings. The highest BCUT2D eigenvalue weighted by Crippen LogP contribution is 1.99. The minimum Gasteiger partial charge on any atom is -0.389 e. The number of hydrogen-bond donors (Lipinski definition) is 3. The zero-order valence-corrected chi connectivity index (χ0v) is 5.90. The average Bonchev–Trinajstić information content (AvgIpc) is 2.00. The third-order valence-electron chi connectivity index (χ3n) is 1.04. The topological polar surface area (TPSA) is 77.8 Å². The highest BCUT2D eigenvalue weighted by Gasteiger charge is 2.22. The van der Waals surface area contributed by atoms with Crippen LogP contribution in [0.25, 0.3) is 0 Å². The molecule has 3 atom stereocenters. The number of carbonyl (C=O) groups is 1. The van der Waals surface area contributed by atoms with Crippen molar-refractivity contribution in [1.82, 2.24) is 0 Å². The van der Waals surface area contributed by atoms with Crippen molar-refractivity contribution >= 4 is 17.9 Å². The van der Waals surface area contributed by atoms with Gasteiger partial charge in [-0.15, -0.1) is 11.6 Å². The first-order valence-corrected chi connectivity index (χ1v) is 3.22. The molecule has 0 saturated heterocycles.